The molecular weight excluding hydrogens is 340 g/mol. The van der Waals surface area contributed by atoms with Gasteiger partial charge in [0.25, 0.3) is 11.8 Å². The maximum absolute atomic E-state index is 12.4. The molecular formula is C22H28N2O3. The second kappa shape index (κ2) is 9.21. The van der Waals surface area contributed by atoms with E-state index in [0.29, 0.717) is 11.7 Å². The monoisotopic (exact) mass is 368 g/mol. The molecule has 0 aliphatic carbocycles. The van der Waals surface area contributed by atoms with Crippen molar-refractivity contribution in [3.8, 4) is 5.75 Å². The van der Waals surface area contributed by atoms with Gasteiger partial charge in [-0.25, -0.2) is 0 Å². The van der Waals surface area contributed by atoms with Crippen LogP contribution >= 0.6 is 0 Å². The van der Waals surface area contributed by atoms with Crippen molar-refractivity contribution < 1.29 is 14.3 Å². The van der Waals surface area contributed by atoms with Crippen LogP contribution in [0.3, 0.4) is 0 Å². The van der Waals surface area contributed by atoms with Gasteiger partial charge in [0.15, 0.2) is 6.61 Å². The van der Waals surface area contributed by atoms with Crippen molar-refractivity contribution in [2.24, 2.45) is 11.7 Å². The van der Waals surface area contributed by atoms with Gasteiger partial charge >= 0.3 is 0 Å². The number of primary amides is 1. The Morgan fingerprint density at radius 1 is 0.963 bits per heavy atom. The van der Waals surface area contributed by atoms with Gasteiger partial charge in [-0.1, -0.05) is 64.1 Å². The molecule has 2 aromatic carbocycles. The summed E-state index contributed by atoms with van der Waals surface area (Å²) in [5.41, 5.74) is 7.91. The largest absolute Gasteiger partial charge is 0.483 e. The third-order valence-electron chi connectivity index (χ3n) is 4.46. The van der Waals surface area contributed by atoms with Gasteiger partial charge < -0.3 is 15.8 Å². The summed E-state index contributed by atoms with van der Waals surface area (Å²) in [6.45, 7) is 8.24. The molecule has 0 saturated heterocycles. The number of nitrogens with one attached hydrogen (secondary N) is 1. The molecule has 2 rings (SSSR count). The van der Waals surface area contributed by atoms with Crippen LogP contribution in [-0.2, 0) is 4.79 Å². The number of ether oxygens (including phenoxy) is 1. The van der Waals surface area contributed by atoms with Crippen molar-refractivity contribution in [2.45, 2.75) is 39.7 Å². The fourth-order valence-electron chi connectivity index (χ4n) is 2.88. The number of rotatable bonds is 8. The minimum absolute atomic E-state index is 0.117. The van der Waals surface area contributed by atoms with E-state index in [9.17, 15) is 9.59 Å². The predicted octanol–water partition coefficient (Wildman–Crippen LogP) is 3.80. The van der Waals surface area contributed by atoms with Crippen LogP contribution in [0.25, 0.3) is 0 Å². The second-order valence-corrected chi connectivity index (χ2v) is 7.26. The lowest BCUT2D eigenvalue weighted by Crippen LogP contribution is -2.35. The number of hydrogen-bond acceptors (Lipinski definition) is 3. The summed E-state index contributed by atoms with van der Waals surface area (Å²) in [5.74, 6) is 0.154. The predicted molar refractivity (Wildman–Crippen MR) is 107 cm³/mol. The fourth-order valence-corrected chi connectivity index (χ4v) is 2.88. The first-order valence-corrected chi connectivity index (χ1v) is 9.20. The molecule has 27 heavy (non-hydrogen) atoms. The van der Waals surface area contributed by atoms with Crippen LogP contribution in [0.5, 0.6) is 5.75 Å². The van der Waals surface area contributed by atoms with Crippen molar-refractivity contribution in [3.63, 3.8) is 0 Å². The highest BCUT2D eigenvalue weighted by Gasteiger charge is 2.19. The first-order valence-electron chi connectivity index (χ1n) is 9.20. The molecule has 0 spiro atoms. The van der Waals surface area contributed by atoms with Crippen LogP contribution < -0.4 is 15.8 Å². The second-order valence-electron chi connectivity index (χ2n) is 7.26. The zero-order valence-electron chi connectivity index (χ0n) is 16.4. The quantitative estimate of drug-likeness (QED) is 0.743. The summed E-state index contributed by atoms with van der Waals surface area (Å²) >= 11 is 0. The third-order valence-corrected chi connectivity index (χ3v) is 4.46. The number of nitrogens with two attached hydrogens (primary N) is 1. The molecule has 5 heteroatoms. The van der Waals surface area contributed by atoms with E-state index in [1.165, 1.54) is 5.56 Å². The molecule has 5 nitrogen and oxygen atoms in total. The van der Waals surface area contributed by atoms with Gasteiger partial charge in [0.05, 0.1) is 11.6 Å². The minimum atomic E-state index is -0.587. The fraction of sp³-hybridized carbons (Fsp3) is 0.364. The molecule has 1 atom stereocenters. The molecule has 0 bridgehead atoms. The summed E-state index contributed by atoms with van der Waals surface area (Å²) in [4.78, 5) is 23.8. The number of carbonyl (C=O) groups is 2. The van der Waals surface area contributed by atoms with E-state index in [0.717, 1.165) is 5.56 Å². The molecule has 0 heterocycles. The SMILES string of the molecule is CC(C)c1ccc([C@H](NC(=O)COc2ccccc2C(N)=O)C(C)C)cc1. The van der Waals surface area contributed by atoms with Crippen LogP contribution in [0.1, 0.15) is 61.1 Å². The van der Waals surface area contributed by atoms with Crippen LogP contribution in [0.2, 0.25) is 0 Å². The highest BCUT2D eigenvalue weighted by Crippen LogP contribution is 2.24. The molecule has 0 fully saturated rings. The lowest BCUT2D eigenvalue weighted by Gasteiger charge is -2.23. The minimum Gasteiger partial charge on any atom is -0.483 e. The normalized spacial score (nSPS) is 12.1. The Labute approximate surface area is 160 Å². The summed E-state index contributed by atoms with van der Waals surface area (Å²) < 4.78 is 5.51. The lowest BCUT2D eigenvalue weighted by molar-refractivity contribution is -0.124. The Bertz CT molecular complexity index is 782. The highest BCUT2D eigenvalue weighted by molar-refractivity contribution is 5.95. The van der Waals surface area contributed by atoms with E-state index in [1.807, 2.05) is 0 Å². The zero-order chi connectivity index (χ0) is 20.0. The average Bonchev–Trinajstić information content (AvgIpc) is 2.64. The number of para-hydroxylation sites is 1. The van der Waals surface area contributed by atoms with Gasteiger partial charge in [-0.3, -0.25) is 9.59 Å². The summed E-state index contributed by atoms with van der Waals surface area (Å²) in [6, 6.07) is 14.8. The topological polar surface area (TPSA) is 81.4 Å². The van der Waals surface area contributed by atoms with E-state index >= 15 is 0 Å². The molecule has 0 unspecified atom stereocenters. The van der Waals surface area contributed by atoms with Crippen molar-refractivity contribution in [3.05, 3.63) is 65.2 Å². The van der Waals surface area contributed by atoms with E-state index in [-0.39, 0.29) is 30.0 Å². The molecule has 3 N–H and O–H groups in total. The van der Waals surface area contributed by atoms with Gasteiger partial charge in [0.2, 0.25) is 0 Å². The Morgan fingerprint density at radius 2 is 1.56 bits per heavy atom. The zero-order valence-corrected chi connectivity index (χ0v) is 16.4. The van der Waals surface area contributed by atoms with Crippen molar-refractivity contribution in [1.82, 2.24) is 5.32 Å². The van der Waals surface area contributed by atoms with Crippen LogP contribution in [0, 0.1) is 5.92 Å². The third kappa shape index (κ3) is 5.58. The summed E-state index contributed by atoms with van der Waals surface area (Å²) in [6.07, 6.45) is 0. The maximum Gasteiger partial charge on any atom is 0.258 e. The first kappa shape index (κ1) is 20.5. The lowest BCUT2D eigenvalue weighted by atomic mass is 9.93. The summed E-state index contributed by atoms with van der Waals surface area (Å²) in [7, 11) is 0. The average molecular weight is 368 g/mol. The number of hydrogen-bond donors (Lipinski definition) is 2. The Morgan fingerprint density at radius 3 is 2.11 bits per heavy atom. The standard InChI is InChI=1S/C22H28N2O3/c1-14(2)16-9-11-17(12-10-16)21(15(3)4)24-20(25)13-27-19-8-6-5-7-18(19)22(23)26/h5-12,14-15,21H,13H2,1-4H3,(H2,23,26)(H,24,25)/t21-/m1/s1. The Balaban J connectivity index is 2.04. The van der Waals surface area contributed by atoms with E-state index in [1.54, 1.807) is 24.3 Å². The molecule has 0 aliphatic rings. The number of benzene rings is 2. The molecule has 0 radical (unpaired) electrons. The molecule has 144 valence electrons. The van der Waals surface area contributed by atoms with Crippen molar-refractivity contribution in [2.75, 3.05) is 6.61 Å². The Hall–Kier alpha value is -2.82. The molecule has 0 aromatic heterocycles. The smallest absolute Gasteiger partial charge is 0.258 e. The van der Waals surface area contributed by atoms with Gasteiger partial charge in [-0.15, -0.1) is 0 Å². The van der Waals surface area contributed by atoms with Gasteiger partial charge in [0, 0.05) is 0 Å². The number of carbonyl (C=O) groups excluding carboxylic acids is 2. The van der Waals surface area contributed by atoms with Crippen molar-refractivity contribution >= 4 is 11.8 Å². The van der Waals surface area contributed by atoms with Gasteiger partial charge in [-0.2, -0.15) is 0 Å². The molecule has 2 amide bonds. The molecule has 2 aromatic rings. The van der Waals surface area contributed by atoms with Crippen molar-refractivity contribution in [1.29, 1.82) is 0 Å². The summed E-state index contributed by atoms with van der Waals surface area (Å²) in [5, 5.41) is 3.02. The Kier molecular flexibility index (Phi) is 6.99. The van der Waals surface area contributed by atoms with Gasteiger partial charge in [-0.05, 0) is 35.1 Å². The molecule has 0 aliphatic heterocycles. The van der Waals surface area contributed by atoms with E-state index in [2.05, 4.69) is 57.3 Å². The van der Waals surface area contributed by atoms with Crippen LogP contribution in [0.4, 0.5) is 0 Å². The van der Waals surface area contributed by atoms with Gasteiger partial charge in [0.1, 0.15) is 5.75 Å². The van der Waals surface area contributed by atoms with E-state index in [4.69, 9.17) is 10.5 Å². The van der Waals surface area contributed by atoms with Crippen LogP contribution in [0.15, 0.2) is 48.5 Å². The van der Waals surface area contributed by atoms with Crippen LogP contribution in [-0.4, -0.2) is 18.4 Å². The highest BCUT2D eigenvalue weighted by atomic mass is 16.5. The first-order chi connectivity index (χ1) is 12.8. The number of amides is 2. The molecule has 0 saturated carbocycles. The maximum atomic E-state index is 12.4. The van der Waals surface area contributed by atoms with E-state index < -0.39 is 5.91 Å².